The van der Waals surface area contributed by atoms with Crippen molar-refractivity contribution in [2.45, 2.75) is 19.4 Å². The first kappa shape index (κ1) is 14.8. The van der Waals surface area contributed by atoms with Gasteiger partial charge in [0.2, 0.25) is 0 Å². The van der Waals surface area contributed by atoms with Crippen molar-refractivity contribution in [2.75, 3.05) is 24.6 Å². The summed E-state index contributed by atoms with van der Waals surface area (Å²) in [6, 6.07) is 3.91. The van der Waals surface area contributed by atoms with Gasteiger partial charge < -0.3 is 15.7 Å². The van der Waals surface area contributed by atoms with Gasteiger partial charge in [-0.15, -0.1) is 0 Å². The molecular formula is C12H17F3N2O. The molecule has 0 unspecified atom stereocenters. The number of benzene rings is 1. The number of halogens is 3. The molecule has 3 nitrogen and oxygen atoms in total. The van der Waals surface area contributed by atoms with Crippen molar-refractivity contribution in [3.05, 3.63) is 29.6 Å². The molecule has 102 valence electrons. The van der Waals surface area contributed by atoms with E-state index in [1.54, 1.807) is 13.0 Å². The molecule has 0 saturated heterocycles. The van der Waals surface area contributed by atoms with Gasteiger partial charge in [0.05, 0.1) is 18.8 Å². The third kappa shape index (κ3) is 3.89. The number of anilines is 1. The normalized spacial score (nSPS) is 12.8. The SMILES string of the molecule is C[C@@H](N)c1ccc(N(CCO)CC(F)F)c(F)c1. The van der Waals surface area contributed by atoms with Gasteiger partial charge in [-0.25, -0.2) is 13.2 Å². The standard InChI is InChI=1S/C12H17F3N2O/c1-8(16)9-2-3-11(10(13)6-9)17(4-5-18)7-12(14)15/h2-3,6,8,12,18H,4-5,7,16H2,1H3/t8-/m1/s1. The number of hydrogen-bond acceptors (Lipinski definition) is 3. The highest BCUT2D eigenvalue weighted by Crippen LogP contribution is 2.23. The molecule has 0 aliphatic heterocycles. The van der Waals surface area contributed by atoms with Crippen molar-refractivity contribution in [1.29, 1.82) is 0 Å². The molecule has 1 aromatic carbocycles. The van der Waals surface area contributed by atoms with Crippen LogP contribution in [0.4, 0.5) is 18.9 Å². The summed E-state index contributed by atoms with van der Waals surface area (Å²) in [5.41, 5.74) is 6.25. The lowest BCUT2D eigenvalue weighted by molar-refractivity contribution is 0.152. The van der Waals surface area contributed by atoms with Crippen molar-refractivity contribution in [2.24, 2.45) is 5.73 Å². The highest BCUT2D eigenvalue weighted by Gasteiger charge is 2.16. The van der Waals surface area contributed by atoms with Crippen molar-refractivity contribution < 1.29 is 18.3 Å². The van der Waals surface area contributed by atoms with Gasteiger partial charge in [-0.1, -0.05) is 6.07 Å². The zero-order chi connectivity index (χ0) is 13.7. The molecule has 0 heterocycles. The minimum atomic E-state index is -2.59. The first-order chi connectivity index (χ1) is 8.45. The van der Waals surface area contributed by atoms with Gasteiger partial charge in [0.15, 0.2) is 0 Å². The fourth-order valence-electron chi connectivity index (χ4n) is 1.66. The minimum absolute atomic E-state index is 0.0429. The van der Waals surface area contributed by atoms with Crippen LogP contribution in [0.25, 0.3) is 0 Å². The summed E-state index contributed by atoms with van der Waals surface area (Å²) in [5.74, 6) is -0.612. The molecule has 0 bridgehead atoms. The van der Waals surface area contributed by atoms with Crippen LogP contribution in [-0.2, 0) is 0 Å². The van der Waals surface area contributed by atoms with Crippen LogP contribution in [0.1, 0.15) is 18.5 Å². The summed E-state index contributed by atoms with van der Waals surface area (Å²) in [6.07, 6.45) is -2.59. The summed E-state index contributed by atoms with van der Waals surface area (Å²) >= 11 is 0. The third-order valence-electron chi connectivity index (χ3n) is 2.57. The van der Waals surface area contributed by atoms with E-state index in [1.807, 2.05) is 0 Å². The number of nitrogens with zero attached hydrogens (tertiary/aromatic N) is 1. The van der Waals surface area contributed by atoms with Crippen LogP contribution in [0.2, 0.25) is 0 Å². The second-order valence-electron chi connectivity index (χ2n) is 4.06. The quantitative estimate of drug-likeness (QED) is 0.823. The number of nitrogens with two attached hydrogens (primary N) is 1. The smallest absolute Gasteiger partial charge is 0.255 e. The summed E-state index contributed by atoms with van der Waals surface area (Å²) in [6.45, 7) is 0.730. The first-order valence-electron chi connectivity index (χ1n) is 5.64. The van der Waals surface area contributed by atoms with Gasteiger partial charge in [-0.3, -0.25) is 0 Å². The molecule has 0 amide bonds. The van der Waals surface area contributed by atoms with E-state index in [0.29, 0.717) is 5.56 Å². The Morgan fingerprint density at radius 2 is 2.06 bits per heavy atom. The average molecular weight is 262 g/mol. The Kier molecular flexibility index (Phi) is 5.43. The van der Waals surface area contributed by atoms with E-state index in [9.17, 15) is 13.2 Å². The molecule has 0 aromatic heterocycles. The highest BCUT2D eigenvalue weighted by molar-refractivity contribution is 5.49. The molecule has 0 saturated carbocycles. The maximum Gasteiger partial charge on any atom is 0.255 e. The van der Waals surface area contributed by atoms with Gasteiger partial charge in [-0.2, -0.15) is 0 Å². The molecule has 0 aliphatic rings. The summed E-state index contributed by atoms with van der Waals surface area (Å²) in [4.78, 5) is 1.12. The van der Waals surface area contributed by atoms with E-state index in [2.05, 4.69) is 0 Å². The second-order valence-corrected chi connectivity index (χ2v) is 4.06. The van der Waals surface area contributed by atoms with Crippen LogP contribution in [0, 0.1) is 5.82 Å². The Morgan fingerprint density at radius 3 is 2.50 bits per heavy atom. The average Bonchev–Trinajstić information content (AvgIpc) is 2.27. The van der Waals surface area contributed by atoms with Crippen LogP contribution >= 0.6 is 0 Å². The minimum Gasteiger partial charge on any atom is -0.395 e. The predicted octanol–water partition coefficient (Wildman–Crippen LogP) is 1.91. The maximum atomic E-state index is 13.8. The van der Waals surface area contributed by atoms with E-state index in [4.69, 9.17) is 10.8 Å². The Labute approximate surface area is 104 Å². The van der Waals surface area contributed by atoms with Crippen LogP contribution < -0.4 is 10.6 Å². The lowest BCUT2D eigenvalue weighted by Crippen LogP contribution is -2.32. The first-order valence-corrected chi connectivity index (χ1v) is 5.64. The van der Waals surface area contributed by atoms with Gasteiger partial charge in [0.1, 0.15) is 5.82 Å². The van der Waals surface area contributed by atoms with Gasteiger partial charge >= 0.3 is 0 Å². The van der Waals surface area contributed by atoms with Crippen molar-refractivity contribution in [1.82, 2.24) is 0 Å². The van der Waals surface area contributed by atoms with E-state index < -0.39 is 18.8 Å². The van der Waals surface area contributed by atoms with Crippen LogP contribution in [-0.4, -0.2) is 31.2 Å². The van der Waals surface area contributed by atoms with E-state index in [0.717, 1.165) is 4.90 Å². The Balaban J connectivity index is 2.97. The molecular weight excluding hydrogens is 245 g/mol. The Hall–Kier alpha value is -1.27. The molecule has 6 heteroatoms. The zero-order valence-corrected chi connectivity index (χ0v) is 10.1. The largest absolute Gasteiger partial charge is 0.395 e. The van der Waals surface area contributed by atoms with Crippen LogP contribution in [0.3, 0.4) is 0 Å². The topological polar surface area (TPSA) is 49.5 Å². The van der Waals surface area contributed by atoms with Crippen molar-refractivity contribution in [3.8, 4) is 0 Å². The molecule has 1 atom stereocenters. The van der Waals surface area contributed by atoms with E-state index in [1.165, 1.54) is 12.1 Å². The molecule has 0 fully saturated rings. The van der Waals surface area contributed by atoms with Gasteiger partial charge in [-0.05, 0) is 24.6 Å². The fraction of sp³-hybridized carbons (Fsp3) is 0.500. The molecule has 0 spiro atoms. The summed E-state index contributed by atoms with van der Waals surface area (Å²) < 4.78 is 38.5. The number of rotatable bonds is 6. The number of aliphatic hydroxyl groups is 1. The molecule has 1 rings (SSSR count). The number of alkyl halides is 2. The lowest BCUT2D eigenvalue weighted by atomic mass is 10.1. The molecule has 18 heavy (non-hydrogen) atoms. The van der Waals surface area contributed by atoms with E-state index in [-0.39, 0.29) is 24.9 Å². The molecule has 0 radical (unpaired) electrons. The molecule has 3 N–H and O–H groups in total. The maximum absolute atomic E-state index is 13.8. The lowest BCUT2D eigenvalue weighted by Gasteiger charge is -2.24. The van der Waals surface area contributed by atoms with Crippen molar-refractivity contribution in [3.63, 3.8) is 0 Å². The Bertz CT molecular complexity index is 386. The Morgan fingerprint density at radius 1 is 1.39 bits per heavy atom. The third-order valence-corrected chi connectivity index (χ3v) is 2.57. The van der Waals surface area contributed by atoms with Gasteiger partial charge in [0, 0.05) is 12.6 Å². The monoisotopic (exact) mass is 262 g/mol. The fourth-order valence-corrected chi connectivity index (χ4v) is 1.66. The summed E-state index contributed by atoms with van der Waals surface area (Å²) in [7, 11) is 0. The van der Waals surface area contributed by atoms with Gasteiger partial charge in [0.25, 0.3) is 6.43 Å². The van der Waals surface area contributed by atoms with E-state index >= 15 is 0 Å². The molecule has 1 aromatic rings. The zero-order valence-electron chi connectivity index (χ0n) is 10.1. The highest BCUT2D eigenvalue weighted by atomic mass is 19.3. The summed E-state index contributed by atoms with van der Waals surface area (Å²) in [5, 5.41) is 8.82. The predicted molar refractivity (Wildman–Crippen MR) is 64.3 cm³/mol. The molecule has 0 aliphatic carbocycles. The number of aliphatic hydroxyl groups excluding tert-OH is 1. The van der Waals surface area contributed by atoms with Crippen molar-refractivity contribution >= 4 is 5.69 Å². The second kappa shape index (κ2) is 6.61. The van der Waals surface area contributed by atoms with Crippen LogP contribution in [0.15, 0.2) is 18.2 Å². The number of hydrogen-bond donors (Lipinski definition) is 2. The van der Waals surface area contributed by atoms with Crippen LogP contribution in [0.5, 0.6) is 0 Å².